The Balaban J connectivity index is 2.47. The summed E-state index contributed by atoms with van der Waals surface area (Å²) >= 11 is 0. The number of rotatable bonds is 5. The Labute approximate surface area is 103 Å². The van der Waals surface area contributed by atoms with Gasteiger partial charge in [0.1, 0.15) is 0 Å². The van der Waals surface area contributed by atoms with E-state index < -0.39 is 0 Å². The van der Waals surface area contributed by atoms with Crippen molar-refractivity contribution in [3.05, 3.63) is 12.2 Å². The SMILES string of the molecule is C=C(CNC(C)C)CN1C(=O)CC(C)CC1=O. The minimum absolute atomic E-state index is 0.0700. The van der Waals surface area contributed by atoms with Crippen molar-refractivity contribution in [2.24, 2.45) is 5.92 Å². The van der Waals surface area contributed by atoms with E-state index in [9.17, 15) is 9.59 Å². The van der Waals surface area contributed by atoms with E-state index in [1.807, 2.05) is 20.8 Å². The highest BCUT2D eigenvalue weighted by Gasteiger charge is 2.30. The van der Waals surface area contributed by atoms with E-state index in [1.165, 1.54) is 4.90 Å². The minimum atomic E-state index is -0.0700. The lowest BCUT2D eigenvalue weighted by Gasteiger charge is -2.29. The summed E-state index contributed by atoms with van der Waals surface area (Å²) in [4.78, 5) is 24.8. The van der Waals surface area contributed by atoms with Crippen LogP contribution in [0.5, 0.6) is 0 Å². The molecule has 1 heterocycles. The first kappa shape index (κ1) is 13.9. The van der Waals surface area contributed by atoms with E-state index in [1.54, 1.807) is 0 Å². The van der Waals surface area contributed by atoms with Gasteiger partial charge in [-0.3, -0.25) is 14.5 Å². The topological polar surface area (TPSA) is 49.4 Å². The van der Waals surface area contributed by atoms with Gasteiger partial charge < -0.3 is 5.32 Å². The lowest BCUT2D eigenvalue weighted by Crippen LogP contribution is -2.44. The molecular weight excluding hydrogens is 216 g/mol. The van der Waals surface area contributed by atoms with Crippen LogP contribution in [0.3, 0.4) is 0 Å². The molecule has 4 heteroatoms. The number of carbonyl (C=O) groups is 2. The van der Waals surface area contributed by atoms with Gasteiger partial charge in [0.25, 0.3) is 0 Å². The fraction of sp³-hybridized carbons (Fsp3) is 0.692. The number of hydrogen-bond donors (Lipinski definition) is 1. The predicted octanol–water partition coefficient (Wildman–Crippen LogP) is 1.33. The normalized spacial score (nSPS) is 18.0. The third-order valence-corrected chi connectivity index (χ3v) is 2.79. The van der Waals surface area contributed by atoms with Gasteiger partial charge in [-0.05, 0) is 11.5 Å². The van der Waals surface area contributed by atoms with Gasteiger partial charge in [0.2, 0.25) is 11.8 Å². The van der Waals surface area contributed by atoms with Crippen LogP contribution in [0.2, 0.25) is 0 Å². The number of nitrogens with one attached hydrogen (secondary N) is 1. The van der Waals surface area contributed by atoms with Crippen molar-refractivity contribution < 1.29 is 9.59 Å². The standard InChI is InChI=1S/C13H22N2O2/c1-9(2)14-7-11(4)8-15-12(16)5-10(3)6-13(15)17/h9-10,14H,4-8H2,1-3H3. The van der Waals surface area contributed by atoms with Gasteiger partial charge in [-0.1, -0.05) is 27.4 Å². The molecule has 1 fully saturated rings. The van der Waals surface area contributed by atoms with Crippen LogP contribution in [0.25, 0.3) is 0 Å². The summed E-state index contributed by atoms with van der Waals surface area (Å²) in [7, 11) is 0. The quantitative estimate of drug-likeness (QED) is 0.580. The molecule has 0 aromatic heterocycles. The smallest absolute Gasteiger partial charge is 0.229 e. The lowest BCUT2D eigenvalue weighted by molar-refractivity contribution is -0.149. The molecule has 0 saturated carbocycles. The van der Waals surface area contributed by atoms with Gasteiger partial charge in [-0.2, -0.15) is 0 Å². The van der Waals surface area contributed by atoms with Gasteiger partial charge in [-0.25, -0.2) is 0 Å². The summed E-state index contributed by atoms with van der Waals surface area (Å²) in [5.74, 6) is 0.0344. The molecule has 1 aliphatic heterocycles. The third kappa shape index (κ3) is 4.30. The van der Waals surface area contributed by atoms with E-state index in [4.69, 9.17) is 0 Å². The lowest BCUT2D eigenvalue weighted by atomic mass is 9.97. The summed E-state index contributed by atoms with van der Waals surface area (Å²) in [5, 5.41) is 3.22. The third-order valence-electron chi connectivity index (χ3n) is 2.79. The van der Waals surface area contributed by atoms with Crippen LogP contribution in [0.1, 0.15) is 33.6 Å². The van der Waals surface area contributed by atoms with Crippen molar-refractivity contribution in [3.8, 4) is 0 Å². The highest BCUT2D eigenvalue weighted by atomic mass is 16.2. The fourth-order valence-electron chi connectivity index (χ4n) is 1.83. The average molecular weight is 238 g/mol. The second-order valence-corrected chi connectivity index (χ2v) is 5.17. The van der Waals surface area contributed by atoms with Crippen molar-refractivity contribution in [2.45, 2.75) is 39.7 Å². The Morgan fingerprint density at radius 2 is 1.94 bits per heavy atom. The Morgan fingerprint density at radius 1 is 1.41 bits per heavy atom. The summed E-state index contributed by atoms with van der Waals surface area (Å²) in [5.41, 5.74) is 0.870. The summed E-state index contributed by atoms with van der Waals surface area (Å²) in [6, 6.07) is 0.375. The van der Waals surface area contributed by atoms with Crippen molar-refractivity contribution in [1.82, 2.24) is 10.2 Å². The van der Waals surface area contributed by atoms with Crippen molar-refractivity contribution in [3.63, 3.8) is 0 Å². The molecular formula is C13H22N2O2. The first-order valence-corrected chi connectivity index (χ1v) is 6.13. The Morgan fingerprint density at radius 3 is 2.41 bits per heavy atom. The number of likely N-dealkylation sites (tertiary alicyclic amines) is 1. The zero-order valence-electron chi connectivity index (χ0n) is 11.0. The number of nitrogens with zero attached hydrogens (tertiary/aromatic N) is 1. The van der Waals surface area contributed by atoms with E-state index in [0.29, 0.717) is 32.0 Å². The second-order valence-electron chi connectivity index (χ2n) is 5.17. The Kier molecular flexibility index (Phi) is 4.87. The summed E-state index contributed by atoms with van der Waals surface area (Å²) in [6.45, 7) is 10.9. The molecule has 1 N–H and O–H groups in total. The number of imide groups is 1. The van der Waals surface area contributed by atoms with Crippen LogP contribution in [-0.4, -0.2) is 35.8 Å². The number of piperidine rings is 1. The average Bonchev–Trinajstić information content (AvgIpc) is 2.20. The molecule has 0 spiro atoms. The van der Waals surface area contributed by atoms with Crippen LogP contribution < -0.4 is 5.32 Å². The van der Waals surface area contributed by atoms with E-state index in [2.05, 4.69) is 11.9 Å². The summed E-state index contributed by atoms with van der Waals surface area (Å²) in [6.07, 6.45) is 0.938. The van der Waals surface area contributed by atoms with Crippen molar-refractivity contribution >= 4 is 11.8 Å². The first-order valence-electron chi connectivity index (χ1n) is 6.13. The minimum Gasteiger partial charge on any atom is -0.311 e. The van der Waals surface area contributed by atoms with Crippen LogP contribution >= 0.6 is 0 Å². The molecule has 2 amide bonds. The molecule has 1 aliphatic rings. The molecule has 0 aliphatic carbocycles. The van der Waals surface area contributed by atoms with Crippen LogP contribution in [0.15, 0.2) is 12.2 Å². The predicted molar refractivity (Wildman–Crippen MR) is 67.4 cm³/mol. The fourth-order valence-corrected chi connectivity index (χ4v) is 1.83. The van der Waals surface area contributed by atoms with Crippen molar-refractivity contribution in [2.75, 3.05) is 13.1 Å². The van der Waals surface area contributed by atoms with Crippen molar-refractivity contribution in [1.29, 1.82) is 0 Å². The molecule has 0 aromatic rings. The largest absolute Gasteiger partial charge is 0.311 e. The molecule has 0 radical (unpaired) electrons. The second kappa shape index (κ2) is 5.96. The molecule has 0 unspecified atom stereocenters. The van der Waals surface area contributed by atoms with Gasteiger partial charge >= 0.3 is 0 Å². The Hall–Kier alpha value is -1.16. The van der Waals surface area contributed by atoms with E-state index in [0.717, 1.165) is 5.57 Å². The van der Waals surface area contributed by atoms with Gasteiger partial charge in [0.05, 0.1) is 6.54 Å². The zero-order valence-corrected chi connectivity index (χ0v) is 11.0. The van der Waals surface area contributed by atoms with Gasteiger partial charge in [0, 0.05) is 25.4 Å². The maximum absolute atomic E-state index is 11.7. The van der Waals surface area contributed by atoms with Crippen LogP contribution in [0, 0.1) is 5.92 Å². The molecule has 4 nitrogen and oxygen atoms in total. The maximum Gasteiger partial charge on any atom is 0.229 e. The van der Waals surface area contributed by atoms with E-state index in [-0.39, 0.29) is 17.7 Å². The Bertz CT molecular complexity index is 305. The molecule has 17 heavy (non-hydrogen) atoms. The molecule has 0 bridgehead atoms. The van der Waals surface area contributed by atoms with Gasteiger partial charge in [0.15, 0.2) is 0 Å². The van der Waals surface area contributed by atoms with Crippen LogP contribution in [0.4, 0.5) is 0 Å². The summed E-state index contributed by atoms with van der Waals surface area (Å²) < 4.78 is 0. The molecule has 0 atom stereocenters. The molecule has 1 rings (SSSR count). The first-order chi connectivity index (χ1) is 7.90. The van der Waals surface area contributed by atoms with E-state index >= 15 is 0 Å². The number of amides is 2. The molecule has 96 valence electrons. The van der Waals surface area contributed by atoms with Gasteiger partial charge in [-0.15, -0.1) is 0 Å². The molecule has 1 saturated heterocycles. The highest BCUT2D eigenvalue weighted by Crippen LogP contribution is 2.19. The monoisotopic (exact) mass is 238 g/mol. The maximum atomic E-state index is 11.7. The zero-order chi connectivity index (χ0) is 13.0. The highest BCUT2D eigenvalue weighted by molar-refractivity contribution is 5.98. The van der Waals surface area contributed by atoms with Crippen LogP contribution in [-0.2, 0) is 9.59 Å². The molecule has 0 aromatic carbocycles. The number of carbonyl (C=O) groups excluding carboxylic acids is 2. The number of hydrogen-bond acceptors (Lipinski definition) is 3.